The number of amides is 2. The van der Waals surface area contributed by atoms with Gasteiger partial charge in [0.05, 0.1) is 12.1 Å². The van der Waals surface area contributed by atoms with Gasteiger partial charge in [-0.25, -0.2) is 0 Å². The topological polar surface area (TPSA) is 97.1 Å². The Hall–Kier alpha value is -3.51. The summed E-state index contributed by atoms with van der Waals surface area (Å²) in [5, 5.41) is 5.89. The molecule has 0 spiro atoms. The second kappa shape index (κ2) is 10.7. The minimum absolute atomic E-state index is 0.284. The van der Waals surface area contributed by atoms with E-state index in [1.54, 1.807) is 20.0 Å². The van der Waals surface area contributed by atoms with E-state index < -0.39 is 11.6 Å². The van der Waals surface area contributed by atoms with Crippen LogP contribution in [0.15, 0.2) is 85.1 Å². The third kappa shape index (κ3) is 6.49. The molecule has 0 aliphatic carbocycles. The van der Waals surface area contributed by atoms with E-state index in [9.17, 15) is 9.59 Å². The molecule has 0 radical (unpaired) electrons. The normalized spacial score (nSPS) is 13.1. The molecule has 0 bridgehead atoms. The first-order valence-electron chi connectivity index (χ1n) is 10.7. The summed E-state index contributed by atoms with van der Waals surface area (Å²) in [7, 11) is 0. The number of hydrogen-bond acceptors (Lipinski definition) is 4. The van der Waals surface area contributed by atoms with Crippen LogP contribution in [0.25, 0.3) is 0 Å². The number of benzene rings is 2. The predicted octanol–water partition coefficient (Wildman–Crippen LogP) is 2.95. The van der Waals surface area contributed by atoms with Crippen molar-refractivity contribution >= 4 is 11.8 Å². The molecule has 3 rings (SSSR count). The van der Waals surface area contributed by atoms with Crippen molar-refractivity contribution in [3.63, 3.8) is 0 Å². The molecule has 2 aromatic carbocycles. The molecule has 3 aromatic rings. The molecule has 6 heteroatoms. The first-order valence-corrected chi connectivity index (χ1v) is 10.7. The fourth-order valence-electron chi connectivity index (χ4n) is 3.42. The largest absolute Gasteiger partial charge is 0.347 e. The Balaban J connectivity index is 1.67. The van der Waals surface area contributed by atoms with E-state index in [1.165, 1.54) is 0 Å². The Labute approximate surface area is 189 Å². The van der Waals surface area contributed by atoms with Gasteiger partial charge in [-0.15, -0.1) is 0 Å². The average Bonchev–Trinajstić information content (AvgIpc) is 2.80. The first-order chi connectivity index (χ1) is 15.3. The molecular weight excluding hydrogens is 400 g/mol. The van der Waals surface area contributed by atoms with E-state index in [-0.39, 0.29) is 17.9 Å². The maximum atomic E-state index is 13.2. The molecule has 2 amide bonds. The van der Waals surface area contributed by atoms with Crippen LogP contribution in [-0.4, -0.2) is 28.4 Å². The van der Waals surface area contributed by atoms with Crippen LogP contribution in [0.1, 0.15) is 36.7 Å². The summed E-state index contributed by atoms with van der Waals surface area (Å²) in [5.74, 6) is -0.655. The smallest absolute Gasteiger partial charge is 0.245 e. The molecular formula is C26H30N4O2. The summed E-state index contributed by atoms with van der Waals surface area (Å²) in [6, 6.07) is 24.0. The maximum absolute atomic E-state index is 13.2. The van der Waals surface area contributed by atoms with E-state index >= 15 is 0 Å². The summed E-state index contributed by atoms with van der Waals surface area (Å²) < 4.78 is 0. The molecule has 1 heterocycles. The summed E-state index contributed by atoms with van der Waals surface area (Å²) in [6.45, 7) is 3.36. The minimum atomic E-state index is -1.14. The number of carbonyl (C=O) groups excluding carboxylic acids is 2. The lowest BCUT2D eigenvalue weighted by atomic mass is 9.97. The number of nitrogens with one attached hydrogen (secondary N) is 2. The monoisotopic (exact) mass is 430 g/mol. The molecule has 166 valence electrons. The maximum Gasteiger partial charge on any atom is 0.245 e. The molecule has 1 aromatic heterocycles. The van der Waals surface area contributed by atoms with Crippen LogP contribution in [0.4, 0.5) is 0 Å². The van der Waals surface area contributed by atoms with Gasteiger partial charge in [-0.05, 0) is 43.5 Å². The van der Waals surface area contributed by atoms with Crippen molar-refractivity contribution in [3.8, 4) is 0 Å². The van der Waals surface area contributed by atoms with Crippen LogP contribution < -0.4 is 16.4 Å². The Bertz CT molecular complexity index is 1010. The third-order valence-corrected chi connectivity index (χ3v) is 5.29. The quantitative estimate of drug-likeness (QED) is 0.486. The molecule has 0 saturated carbocycles. The molecule has 0 fully saturated rings. The highest BCUT2D eigenvalue weighted by molar-refractivity contribution is 5.92. The van der Waals surface area contributed by atoms with Gasteiger partial charge in [-0.2, -0.15) is 0 Å². The second-order valence-electron chi connectivity index (χ2n) is 8.37. The zero-order valence-electron chi connectivity index (χ0n) is 18.5. The third-order valence-electron chi connectivity index (χ3n) is 5.29. The van der Waals surface area contributed by atoms with Crippen LogP contribution in [0.3, 0.4) is 0 Å². The van der Waals surface area contributed by atoms with Crippen molar-refractivity contribution < 1.29 is 9.59 Å². The average molecular weight is 431 g/mol. The molecule has 2 atom stereocenters. The van der Waals surface area contributed by atoms with Crippen LogP contribution in [0, 0.1) is 0 Å². The van der Waals surface area contributed by atoms with E-state index in [4.69, 9.17) is 5.73 Å². The summed E-state index contributed by atoms with van der Waals surface area (Å²) >= 11 is 0. The zero-order chi connectivity index (χ0) is 23.0. The highest BCUT2D eigenvalue weighted by atomic mass is 16.2. The lowest BCUT2D eigenvalue weighted by Crippen LogP contribution is -2.58. The number of rotatable bonds is 9. The zero-order valence-corrected chi connectivity index (χ0v) is 18.5. The van der Waals surface area contributed by atoms with Crippen LogP contribution in [0.2, 0.25) is 0 Å². The van der Waals surface area contributed by atoms with Crippen LogP contribution in [-0.2, 0) is 22.4 Å². The fourth-order valence-corrected chi connectivity index (χ4v) is 3.42. The van der Waals surface area contributed by atoms with E-state index in [0.29, 0.717) is 12.8 Å². The Kier molecular flexibility index (Phi) is 7.73. The number of hydrogen-bond donors (Lipinski definition) is 3. The Morgan fingerprint density at radius 2 is 1.53 bits per heavy atom. The fraction of sp³-hybridized carbons (Fsp3) is 0.269. The van der Waals surface area contributed by atoms with Gasteiger partial charge < -0.3 is 16.4 Å². The summed E-state index contributed by atoms with van der Waals surface area (Å²) in [5.41, 5.74) is 7.77. The van der Waals surface area contributed by atoms with Crippen molar-refractivity contribution in [1.82, 2.24) is 15.6 Å². The van der Waals surface area contributed by atoms with Crippen molar-refractivity contribution in [2.45, 2.75) is 44.3 Å². The molecule has 0 aliphatic rings. The Morgan fingerprint density at radius 3 is 2.16 bits per heavy atom. The van der Waals surface area contributed by atoms with Gasteiger partial charge in [0.2, 0.25) is 11.8 Å². The molecule has 6 nitrogen and oxygen atoms in total. The molecule has 32 heavy (non-hydrogen) atoms. The summed E-state index contributed by atoms with van der Waals surface area (Å²) in [6.07, 6.45) is 2.67. The molecule has 4 N–H and O–H groups in total. The van der Waals surface area contributed by atoms with Gasteiger partial charge in [0.1, 0.15) is 5.54 Å². The molecule has 0 aliphatic heterocycles. The highest BCUT2D eigenvalue weighted by Gasteiger charge is 2.33. The Morgan fingerprint density at radius 1 is 0.906 bits per heavy atom. The second-order valence-corrected chi connectivity index (χ2v) is 8.37. The van der Waals surface area contributed by atoms with Gasteiger partial charge in [-0.3, -0.25) is 14.6 Å². The summed E-state index contributed by atoms with van der Waals surface area (Å²) in [4.78, 5) is 30.2. The number of nitrogens with zero attached hydrogens (tertiary/aromatic N) is 1. The van der Waals surface area contributed by atoms with Crippen LogP contribution >= 0.6 is 0 Å². The number of pyridine rings is 1. The van der Waals surface area contributed by atoms with Crippen molar-refractivity contribution in [3.05, 3.63) is 102 Å². The van der Waals surface area contributed by atoms with Gasteiger partial charge in [0, 0.05) is 18.3 Å². The van der Waals surface area contributed by atoms with Crippen molar-refractivity contribution in [2.24, 2.45) is 5.73 Å². The van der Waals surface area contributed by atoms with E-state index in [1.807, 2.05) is 78.9 Å². The number of carbonyl (C=O) groups is 2. The lowest BCUT2D eigenvalue weighted by Gasteiger charge is -2.29. The van der Waals surface area contributed by atoms with Crippen molar-refractivity contribution in [2.75, 3.05) is 0 Å². The number of nitrogens with two attached hydrogens (primary N) is 1. The first kappa shape index (κ1) is 23.2. The number of aromatic nitrogens is 1. The van der Waals surface area contributed by atoms with Gasteiger partial charge in [0.25, 0.3) is 0 Å². The van der Waals surface area contributed by atoms with Crippen molar-refractivity contribution in [1.29, 1.82) is 0 Å². The van der Waals surface area contributed by atoms with Crippen LogP contribution in [0.5, 0.6) is 0 Å². The standard InChI is InChI=1S/C26H30N4O2/c1-26(2,30-24(31)22(27)17-19-11-5-3-6-12-19)25(32)29-23(20-13-7-4-8-14-20)18-21-15-9-10-16-28-21/h3-16,22-23H,17-18,27H2,1-2H3,(H,29,32)(H,30,31)/t22-,23?/m1/s1. The van der Waals surface area contributed by atoms with E-state index in [0.717, 1.165) is 16.8 Å². The SMILES string of the molecule is CC(C)(NC(=O)[C@H](N)Cc1ccccc1)C(=O)NC(Cc1ccccn1)c1ccccc1. The van der Waals surface area contributed by atoms with Gasteiger partial charge in [-0.1, -0.05) is 66.7 Å². The highest BCUT2D eigenvalue weighted by Crippen LogP contribution is 2.19. The van der Waals surface area contributed by atoms with Gasteiger partial charge >= 0.3 is 0 Å². The lowest BCUT2D eigenvalue weighted by molar-refractivity contribution is -0.133. The predicted molar refractivity (Wildman–Crippen MR) is 126 cm³/mol. The van der Waals surface area contributed by atoms with E-state index in [2.05, 4.69) is 15.6 Å². The molecule has 1 unspecified atom stereocenters. The van der Waals surface area contributed by atoms with Gasteiger partial charge in [0.15, 0.2) is 0 Å². The molecule has 0 saturated heterocycles. The minimum Gasteiger partial charge on any atom is -0.347 e.